The number of amides is 1. The Morgan fingerprint density at radius 2 is 2.32 bits per heavy atom. The van der Waals surface area contributed by atoms with Crippen LogP contribution in [0.1, 0.15) is 40.6 Å². The number of furan rings is 1. The molecule has 100 valence electrons. The van der Waals surface area contributed by atoms with Gasteiger partial charge in [-0.2, -0.15) is 0 Å². The Morgan fingerprint density at radius 1 is 1.47 bits per heavy atom. The average Bonchev–Trinajstić information content (AvgIpc) is 3.05. The standard InChI is InChI=1S/C14H17N3O2/c1-17-11-6-3-2-5-10(11)16-13(17)9-15-14(18)12-7-4-8-19-12/h4,7-8H,2-3,5-6,9H2,1H3,(H,15,18). The van der Waals surface area contributed by atoms with Crippen molar-refractivity contribution in [3.05, 3.63) is 41.4 Å². The maximum atomic E-state index is 11.8. The van der Waals surface area contributed by atoms with Gasteiger partial charge in [0.15, 0.2) is 5.76 Å². The molecule has 0 aromatic carbocycles. The minimum atomic E-state index is -0.203. The van der Waals surface area contributed by atoms with Crippen molar-refractivity contribution >= 4 is 5.91 Å². The third-order valence-electron chi connectivity index (χ3n) is 3.62. The van der Waals surface area contributed by atoms with Crippen LogP contribution in [0.2, 0.25) is 0 Å². The summed E-state index contributed by atoms with van der Waals surface area (Å²) in [6.07, 6.45) is 6.07. The quantitative estimate of drug-likeness (QED) is 0.914. The predicted octanol–water partition coefficient (Wildman–Crippen LogP) is 1.82. The maximum Gasteiger partial charge on any atom is 0.287 e. The van der Waals surface area contributed by atoms with Crippen molar-refractivity contribution in [2.24, 2.45) is 7.05 Å². The highest BCUT2D eigenvalue weighted by Crippen LogP contribution is 2.21. The van der Waals surface area contributed by atoms with E-state index in [-0.39, 0.29) is 5.91 Å². The van der Waals surface area contributed by atoms with Gasteiger partial charge in [0.05, 0.1) is 18.5 Å². The first-order valence-corrected chi connectivity index (χ1v) is 6.61. The number of nitrogens with one attached hydrogen (secondary N) is 1. The van der Waals surface area contributed by atoms with Crippen molar-refractivity contribution in [2.45, 2.75) is 32.2 Å². The highest BCUT2D eigenvalue weighted by molar-refractivity contribution is 5.91. The molecule has 19 heavy (non-hydrogen) atoms. The summed E-state index contributed by atoms with van der Waals surface area (Å²) in [5.41, 5.74) is 2.50. The van der Waals surface area contributed by atoms with Gasteiger partial charge in [0.25, 0.3) is 5.91 Å². The molecule has 2 heterocycles. The van der Waals surface area contributed by atoms with Gasteiger partial charge < -0.3 is 14.3 Å². The molecule has 1 aliphatic rings. The number of carbonyl (C=O) groups excluding carboxylic acids is 1. The van der Waals surface area contributed by atoms with Crippen LogP contribution in [0.4, 0.5) is 0 Å². The molecule has 1 amide bonds. The second-order valence-electron chi connectivity index (χ2n) is 4.85. The first-order chi connectivity index (χ1) is 9.25. The van der Waals surface area contributed by atoms with E-state index in [1.54, 1.807) is 12.1 Å². The number of hydrogen-bond donors (Lipinski definition) is 1. The number of hydrogen-bond acceptors (Lipinski definition) is 3. The fraction of sp³-hybridized carbons (Fsp3) is 0.429. The van der Waals surface area contributed by atoms with Crippen molar-refractivity contribution in [1.82, 2.24) is 14.9 Å². The van der Waals surface area contributed by atoms with Gasteiger partial charge >= 0.3 is 0 Å². The highest BCUT2D eigenvalue weighted by atomic mass is 16.3. The molecule has 0 aliphatic heterocycles. The van der Waals surface area contributed by atoms with E-state index >= 15 is 0 Å². The van der Waals surface area contributed by atoms with Crippen LogP contribution in [0.15, 0.2) is 22.8 Å². The number of carbonyl (C=O) groups is 1. The van der Waals surface area contributed by atoms with Crippen LogP contribution >= 0.6 is 0 Å². The molecule has 0 fully saturated rings. The summed E-state index contributed by atoms with van der Waals surface area (Å²) in [7, 11) is 2.02. The summed E-state index contributed by atoms with van der Waals surface area (Å²) in [6, 6.07) is 3.35. The van der Waals surface area contributed by atoms with Crippen LogP contribution in [-0.2, 0) is 26.4 Å². The van der Waals surface area contributed by atoms with Crippen LogP contribution < -0.4 is 5.32 Å². The van der Waals surface area contributed by atoms with Crippen LogP contribution in [0.5, 0.6) is 0 Å². The highest BCUT2D eigenvalue weighted by Gasteiger charge is 2.18. The summed E-state index contributed by atoms with van der Waals surface area (Å²) in [5.74, 6) is 1.04. The smallest absolute Gasteiger partial charge is 0.287 e. The van der Waals surface area contributed by atoms with Crippen LogP contribution in [0, 0.1) is 0 Å². The molecular weight excluding hydrogens is 242 g/mol. The Hall–Kier alpha value is -2.04. The Balaban J connectivity index is 1.70. The number of rotatable bonds is 3. The Morgan fingerprint density at radius 3 is 3.05 bits per heavy atom. The zero-order valence-corrected chi connectivity index (χ0v) is 11.0. The molecule has 0 unspecified atom stereocenters. The van der Waals surface area contributed by atoms with Gasteiger partial charge in [0.2, 0.25) is 0 Å². The lowest BCUT2D eigenvalue weighted by atomic mass is 10.0. The van der Waals surface area contributed by atoms with Gasteiger partial charge in [-0.3, -0.25) is 4.79 Å². The van der Waals surface area contributed by atoms with Crippen molar-refractivity contribution < 1.29 is 9.21 Å². The van der Waals surface area contributed by atoms with E-state index in [0.717, 1.165) is 18.7 Å². The van der Waals surface area contributed by atoms with Crippen molar-refractivity contribution in [3.8, 4) is 0 Å². The average molecular weight is 259 g/mol. The lowest BCUT2D eigenvalue weighted by molar-refractivity contribution is 0.0922. The van der Waals surface area contributed by atoms with Crippen molar-refractivity contribution in [2.75, 3.05) is 0 Å². The Labute approximate surface area is 111 Å². The van der Waals surface area contributed by atoms with Gasteiger partial charge in [0, 0.05) is 12.7 Å². The van der Waals surface area contributed by atoms with Gasteiger partial charge in [0.1, 0.15) is 5.82 Å². The zero-order chi connectivity index (χ0) is 13.2. The lowest BCUT2D eigenvalue weighted by Gasteiger charge is -2.11. The van der Waals surface area contributed by atoms with E-state index < -0.39 is 0 Å². The van der Waals surface area contributed by atoms with Gasteiger partial charge in [-0.25, -0.2) is 4.98 Å². The molecule has 0 atom stereocenters. The number of fused-ring (bicyclic) bond motifs is 1. The third kappa shape index (κ3) is 2.28. The van der Waals surface area contributed by atoms with Crippen LogP contribution in [0.3, 0.4) is 0 Å². The van der Waals surface area contributed by atoms with E-state index in [0.29, 0.717) is 12.3 Å². The molecule has 2 aromatic rings. The van der Waals surface area contributed by atoms with E-state index in [1.165, 1.54) is 30.5 Å². The summed E-state index contributed by atoms with van der Waals surface area (Å²) in [6.45, 7) is 0.434. The monoisotopic (exact) mass is 259 g/mol. The fourth-order valence-electron chi connectivity index (χ4n) is 2.55. The minimum absolute atomic E-state index is 0.203. The molecule has 2 aromatic heterocycles. The molecule has 5 nitrogen and oxygen atoms in total. The largest absolute Gasteiger partial charge is 0.459 e. The summed E-state index contributed by atoms with van der Waals surface area (Å²) in [4.78, 5) is 16.4. The topological polar surface area (TPSA) is 60.1 Å². The number of aryl methyl sites for hydroxylation is 1. The number of aromatic nitrogens is 2. The Kier molecular flexibility index (Phi) is 3.11. The van der Waals surface area contributed by atoms with Gasteiger partial charge in [-0.05, 0) is 37.8 Å². The van der Waals surface area contributed by atoms with Crippen LogP contribution in [-0.4, -0.2) is 15.5 Å². The molecule has 3 rings (SSSR count). The van der Waals surface area contributed by atoms with Crippen LogP contribution in [0.25, 0.3) is 0 Å². The fourth-order valence-corrected chi connectivity index (χ4v) is 2.55. The molecule has 1 N–H and O–H groups in total. The summed E-state index contributed by atoms with van der Waals surface area (Å²) in [5, 5.41) is 2.84. The number of imidazole rings is 1. The van der Waals surface area contributed by atoms with E-state index in [2.05, 4.69) is 14.9 Å². The first-order valence-electron chi connectivity index (χ1n) is 6.61. The lowest BCUT2D eigenvalue weighted by Crippen LogP contribution is -2.24. The molecule has 5 heteroatoms. The maximum absolute atomic E-state index is 11.8. The molecule has 0 saturated heterocycles. The molecule has 0 bridgehead atoms. The summed E-state index contributed by atoms with van der Waals surface area (Å²) < 4.78 is 7.16. The van der Waals surface area contributed by atoms with Crippen molar-refractivity contribution in [3.63, 3.8) is 0 Å². The Bertz CT molecular complexity index is 584. The molecule has 0 radical (unpaired) electrons. The zero-order valence-electron chi connectivity index (χ0n) is 11.0. The van der Waals surface area contributed by atoms with Crippen molar-refractivity contribution in [1.29, 1.82) is 0 Å². The van der Waals surface area contributed by atoms with Gasteiger partial charge in [-0.1, -0.05) is 0 Å². The first kappa shape index (κ1) is 12.0. The van der Waals surface area contributed by atoms with E-state index in [9.17, 15) is 4.79 Å². The summed E-state index contributed by atoms with van der Waals surface area (Å²) >= 11 is 0. The predicted molar refractivity (Wildman–Crippen MR) is 69.7 cm³/mol. The molecular formula is C14H17N3O2. The second kappa shape index (κ2) is 4.91. The third-order valence-corrected chi connectivity index (χ3v) is 3.62. The molecule has 0 saturated carbocycles. The van der Waals surface area contributed by atoms with Gasteiger partial charge in [-0.15, -0.1) is 0 Å². The van der Waals surface area contributed by atoms with E-state index in [4.69, 9.17) is 4.42 Å². The minimum Gasteiger partial charge on any atom is -0.459 e. The molecule has 1 aliphatic carbocycles. The van der Waals surface area contributed by atoms with E-state index in [1.807, 2.05) is 7.05 Å². The second-order valence-corrected chi connectivity index (χ2v) is 4.85. The normalized spacial score (nSPS) is 14.2. The SMILES string of the molecule is Cn1c(CNC(=O)c2ccco2)nc2c1CCCC2. The molecule has 0 spiro atoms. The number of nitrogens with zero attached hydrogens (tertiary/aromatic N) is 2.